The predicted octanol–water partition coefficient (Wildman–Crippen LogP) is 7.46. The molecule has 0 saturated heterocycles. The monoisotopic (exact) mass is 410 g/mol. The average Bonchev–Trinajstić information content (AvgIpc) is 2.74. The highest BCUT2D eigenvalue weighted by atomic mass is 16.5. The van der Waals surface area contributed by atoms with Gasteiger partial charge in [0.1, 0.15) is 23.0 Å². The van der Waals surface area contributed by atoms with Crippen LogP contribution in [-0.2, 0) is 0 Å². The van der Waals surface area contributed by atoms with Gasteiger partial charge in [0.15, 0.2) is 0 Å². The molecule has 0 aliphatic heterocycles. The maximum atomic E-state index is 9.77. The minimum absolute atomic E-state index is 0.307. The van der Waals surface area contributed by atoms with Crippen LogP contribution in [0.15, 0.2) is 72.8 Å². The zero-order chi connectivity index (χ0) is 22.1. The second kappa shape index (κ2) is 8.19. The lowest BCUT2D eigenvalue weighted by Crippen LogP contribution is -1.92. The summed E-state index contributed by atoms with van der Waals surface area (Å²) in [5, 5.41) is 19.5. The molecule has 0 aliphatic rings. The van der Waals surface area contributed by atoms with E-state index in [-0.39, 0.29) is 0 Å². The van der Waals surface area contributed by atoms with Crippen molar-refractivity contribution in [3.8, 4) is 45.3 Å². The van der Waals surface area contributed by atoms with Gasteiger partial charge in [-0.3, -0.25) is 0 Å². The van der Waals surface area contributed by atoms with Crippen molar-refractivity contribution in [2.45, 2.75) is 27.7 Å². The second-order valence-corrected chi connectivity index (χ2v) is 8.07. The molecule has 4 rings (SSSR count). The maximum Gasteiger partial charge on any atom is 0.130 e. The van der Waals surface area contributed by atoms with E-state index >= 15 is 0 Å². The van der Waals surface area contributed by atoms with Gasteiger partial charge >= 0.3 is 0 Å². The van der Waals surface area contributed by atoms with Gasteiger partial charge in [0.05, 0.1) is 0 Å². The van der Waals surface area contributed by atoms with E-state index in [4.69, 9.17) is 4.74 Å². The summed E-state index contributed by atoms with van der Waals surface area (Å²) in [6.07, 6.45) is 0. The fourth-order valence-corrected chi connectivity index (χ4v) is 3.68. The Hall–Kier alpha value is -3.72. The highest BCUT2D eigenvalue weighted by molar-refractivity contribution is 5.69. The van der Waals surface area contributed by atoms with Crippen LogP contribution in [0.4, 0.5) is 0 Å². The molecule has 0 unspecified atom stereocenters. The number of aromatic hydroxyl groups is 2. The van der Waals surface area contributed by atoms with E-state index < -0.39 is 0 Å². The molecule has 0 radical (unpaired) electrons. The molecule has 4 aromatic carbocycles. The third kappa shape index (κ3) is 4.26. The summed E-state index contributed by atoms with van der Waals surface area (Å²) in [5.41, 5.74) is 8.10. The minimum Gasteiger partial charge on any atom is -0.508 e. The van der Waals surface area contributed by atoms with Gasteiger partial charge in [0.25, 0.3) is 0 Å². The van der Waals surface area contributed by atoms with E-state index in [0.29, 0.717) is 11.5 Å². The maximum absolute atomic E-state index is 9.77. The van der Waals surface area contributed by atoms with Crippen LogP contribution in [0.5, 0.6) is 23.0 Å². The van der Waals surface area contributed by atoms with Crippen LogP contribution < -0.4 is 4.74 Å². The molecule has 3 nitrogen and oxygen atoms in total. The normalized spacial score (nSPS) is 10.8. The third-order valence-electron chi connectivity index (χ3n) is 5.63. The topological polar surface area (TPSA) is 49.7 Å². The summed E-state index contributed by atoms with van der Waals surface area (Å²) in [5.74, 6) is 2.25. The van der Waals surface area contributed by atoms with Gasteiger partial charge in [-0.05, 0) is 121 Å². The molecule has 31 heavy (non-hydrogen) atoms. The van der Waals surface area contributed by atoms with E-state index in [2.05, 4.69) is 12.1 Å². The fraction of sp³-hybridized carbons (Fsp3) is 0.143. The van der Waals surface area contributed by atoms with E-state index in [9.17, 15) is 10.2 Å². The van der Waals surface area contributed by atoms with Gasteiger partial charge in [-0.15, -0.1) is 0 Å². The Balaban J connectivity index is 1.58. The molecule has 0 aliphatic carbocycles. The molecule has 0 atom stereocenters. The Morgan fingerprint density at radius 3 is 1.10 bits per heavy atom. The fourth-order valence-electron chi connectivity index (χ4n) is 3.68. The quantitative estimate of drug-likeness (QED) is 0.367. The van der Waals surface area contributed by atoms with E-state index in [0.717, 1.165) is 56.0 Å². The largest absolute Gasteiger partial charge is 0.508 e. The van der Waals surface area contributed by atoms with Crippen molar-refractivity contribution in [3.63, 3.8) is 0 Å². The Bertz CT molecular complexity index is 1170. The van der Waals surface area contributed by atoms with Gasteiger partial charge < -0.3 is 14.9 Å². The number of phenolic OH excluding ortho intramolecular Hbond substituents is 2. The van der Waals surface area contributed by atoms with E-state index in [1.807, 2.05) is 76.2 Å². The van der Waals surface area contributed by atoms with Gasteiger partial charge in [0, 0.05) is 0 Å². The molecular weight excluding hydrogens is 384 g/mol. The highest BCUT2D eigenvalue weighted by Gasteiger charge is 2.09. The molecule has 0 aromatic heterocycles. The first-order chi connectivity index (χ1) is 14.8. The summed E-state index contributed by atoms with van der Waals surface area (Å²) in [4.78, 5) is 0. The second-order valence-electron chi connectivity index (χ2n) is 8.07. The Labute approximate surface area is 183 Å². The van der Waals surface area contributed by atoms with Crippen molar-refractivity contribution in [1.82, 2.24) is 0 Å². The zero-order valence-corrected chi connectivity index (χ0v) is 18.2. The SMILES string of the molecule is Cc1cc(-c2ccc(Oc3ccc(-c4ccc(O)c(C)c4)cc3C)c(C)c2)ccc1O. The molecule has 0 bridgehead atoms. The predicted molar refractivity (Wildman–Crippen MR) is 126 cm³/mol. The standard InChI is InChI=1S/C28H26O3/c1-17-13-21(5-9-25(17)29)23-7-11-27(19(3)15-23)31-28-12-8-24(16-20(28)4)22-6-10-26(30)18(2)14-22/h5-16,29-30H,1-4H3. The average molecular weight is 411 g/mol. The number of benzene rings is 4. The number of hydrogen-bond acceptors (Lipinski definition) is 3. The first-order valence-electron chi connectivity index (χ1n) is 10.3. The molecule has 4 aromatic rings. The van der Waals surface area contributed by atoms with Crippen LogP contribution in [0.3, 0.4) is 0 Å². The molecule has 0 fully saturated rings. The first kappa shape index (κ1) is 20.5. The number of rotatable bonds is 4. The summed E-state index contributed by atoms with van der Waals surface area (Å²) in [6.45, 7) is 7.87. The van der Waals surface area contributed by atoms with Crippen LogP contribution in [0.2, 0.25) is 0 Å². The molecule has 0 amide bonds. The molecule has 156 valence electrons. The number of hydrogen-bond donors (Lipinski definition) is 2. The summed E-state index contributed by atoms with van der Waals surface area (Å²) in [7, 11) is 0. The minimum atomic E-state index is 0.307. The van der Waals surface area contributed by atoms with Gasteiger partial charge in [-0.25, -0.2) is 0 Å². The lowest BCUT2D eigenvalue weighted by atomic mass is 10.0. The van der Waals surface area contributed by atoms with Crippen molar-refractivity contribution < 1.29 is 14.9 Å². The molecule has 2 N–H and O–H groups in total. The first-order valence-corrected chi connectivity index (χ1v) is 10.3. The van der Waals surface area contributed by atoms with Crippen molar-refractivity contribution in [3.05, 3.63) is 95.1 Å². The number of ether oxygens (including phenoxy) is 1. The van der Waals surface area contributed by atoms with Gasteiger partial charge in [-0.2, -0.15) is 0 Å². The van der Waals surface area contributed by atoms with Crippen molar-refractivity contribution in [2.24, 2.45) is 0 Å². The molecular formula is C28H26O3. The highest BCUT2D eigenvalue weighted by Crippen LogP contribution is 2.34. The van der Waals surface area contributed by atoms with E-state index in [1.165, 1.54) is 0 Å². The van der Waals surface area contributed by atoms with E-state index in [1.54, 1.807) is 12.1 Å². The van der Waals surface area contributed by atoms with Crippen LogP contribution >= 0.6 is 0 Å². The molecule has 0 heterocycles. The Kier molecular flexibility index (Phi) is 5.43. The van der Waals surface area contributed by atoms with Crippen molar-refractivity contribution in [1.29, 1.82) is 0 Å². The Morgan fingerprint density at radius 2 is 0.774 bits per heavy atom. The van der Waals surface area contributed by atoms with Crippen LogP contribution in [0.25, 0.3) is 22.3 Å². The lowest BCUT2D eigenvalue weighted by molar-refractivity contribution is 0.471. The molecule has 0 spiro atoms. The summed E-state index contributed by atoms with van der Waals surface area (Å²) >= 11 is 0. The molecule has 3 heteroatoms. The van der Waals surface area contributed by atoms with Crippen LogP contribution in [0, 0.1) is 27.7 Å². The summed E-state index contributed by atoms with van der Waals surface area (Å²) in [6, 6.07) is 23.5. The number of phenols is 2. The third-order valence-corrected chi connectivity index (χ3v) is 5.63. The van der Waals surface area contributed by atoms with Crippen LogP contribution in [0.1, 0.15) is 22.3 Å². The van der Waals surface area contributed by atoms with Crippen molar-refractivity contribution in [2.75, 3.05) is 0 Å². The van der Waals surface area contributed by atoms with Gasteiger partial charge in [0.2, 0.25) is 0 Å². The number of aryl methyl sites for hydroxylation is 4. The van der Waals surface area contributed by atoms with Gasteiger partial charge in [-0.1, -0.05) is 24.3 Å². The van der Waals surface area contributed by atoms with Crippen LogP contribution in [-0.4, -0.2) is 10.2 Å². The zero-order valence-electron chi connectivity index (χ0n) is 18.2. The molecule has 0 saturated carbocycles. The lowest BCUT2D eigenvalue weighted by Gasteiger charge is -2.14. The smallest absolute Gasteiger partial charge is 0.130 e. The van der Waals surface area contributed by atoms with Crippen molar-refractivity contribution >= 4 is 0 Å². The Morgan fingerprint density at radius 1 is 0.452 bits per heavy atom. The summed E-state index contributed by atoms with van der Waals surface area (Å²) < 4.78 is 6.23.